The molecular formula is C29H38N4O5. The van der Waals surface area contributed by atoms with Crippen molar-refractivity contribution in [3.05, 3.63) is 66.2 Å². The highest BCUT2D eigenvalue weighted by molar-refractivity contribution is 5.96. The van der Waals surface area contributed by atoms with E-state index < -0.39 is 5.54 Å². The molecule has 1 N–H and O–H groups in total. The van der Waals surface area contributed by atoms with E-state index in [1.807, 2.05) is 67.6 Å². The van der Waals surface area contributed by atoms with E-state index >= 15 is 0 Å². The monoisotopic (exact) mass is 522 g/mol. The fourth-order valence-electron chi connectivity index (χ4n) is 5.15. The first-order valence-corrected chi connectivity index (χ1v) is 13.4. The topological polar surface area (TPSA) is 91.4 Å². The summed E-state index contributed by atoms with van der Waals surface area (Å²) in [6, 6.07) is 19.6. The second-order valence-electron chi connectivity index (χ2n) is 9.70. The van der Waals surface area contributed by atoms with Gasteiger partial charge in [-0.2, -0.15) is 0 Å². The number of likely N-dealkylation sites (tertiary alicyclic amines) is 1. The van der Waals surface area contributed by atoms with Gasteiger partial charge in [0.1, 0.15) is 18.7 Å². The molecule has 0 aromatic heterocycles. The largest absolute Gasteiger partial charge is 0.382 e. The van der Waals surface area contributed by atoms with Crippen LogP contribution in [0.5, 0.6) is 0 Å². The van der Waals surface area contributed by atoms with Gasteiger partial charge in [0, 0.05) is 38.5 Å². The van der Waals surface area contributed by atoms with E-state index in [0.29, 0.717) is 59.0 Å². The summed E-state index contributed by atoms with van der Waals surface area (Å²) in [6.45, 7) is 5.34. The zero-order valence-corrected chi connectivity index (χ0v) is 22.1. The second-order valence-corrected chi connectivity index (χ2v) is 9.70. The van der Waals surface area contributed by atoms with Gasteiger partial charge in [0.15, 0.2) is 0 Å². The molecule has 2 fully saturated rings. The quantitative estimate of drug-likeness (QED) is 0.431. The molecule has 1 spiro atoms. The number of carbonyl (C=O) groups is 3. The predicted molar refractivity (Wildman–Crippen MR) is 144 cm³/mol. The van der Waals surface area contributed by atoms with Gasteiger partial charge in [-0.1, -0.05) is 48.5 Å². The van der Waals surface area contributed by atoms with Crippen molar-refractivity contribution in [2.75, 3.05) is 57.6 Å². The highest BCUT2D eigenvalue weighted by Crippen LogP contribution is 2.39. The van der Waals surface area contributed by atoms with Gasteiger partial charge < -0.3 is 29.5 Å². The minimum absolute atomic E-state index is 0.00777. The Hall–Kier alpha value is -3.43. The molecule has 2 aromatic carbocycles. The first-order valence-electron chi connectivity index (χ1n) is 13.4. The zero-order chi connectivity index (χ0) is 26.8. The number of amides is 3. The summed E-state index contributed by atoms with van der Waals surface area (Å²) in [5.74, 6) is -0.308. The fraction of sp³-hybridized carbons (Fsp3) is 0.483. The van der Waals surface area contributed by atoms with Crippen LogP contribution in [-0.4, -0.2) is 85.7 Å². The molecule has 2 saturated heterocycles. The summed E-state index contributed by atoms with van der Waals surface area (Å²) in [5.41, 5.74) is 1.18. The number of rotatable bonds is 12. The first-order chi connectivity index (χ1) is 18.5. The lowest BCUT2D eigenvalue weighted by Gasteiger charge is -2.43. The molecule has 0 atom stereocenters. The number of hydrogen-bond acceptors (Lipinski definition) is 6. The second kappa shape index (κ2) is 13.4. The van der Waals surface area contributed by atoms with Crippen LogP contribution in [0.25, 0.3) is 0 Å². The third kappa shape index (κ3) is 6.71. The molecule has 3 amide bonds. The van der Waals surface area contributed by atoms with Gasteiger partial charge in [0.2, 0.25) is 11.8 Å². The molecule has 0 unspecified atom stereocenters. The normalized spacial score (nSPS) is 16.8. The van der Waals surface area contributed by atoms with Crippen LogP contribution in [0.2, 0.25) is 0 Å². The van der Waals surface area contributed by atoms with Crippen LogP contribution in [0.1, 0.15) is 31.7 Å². The van der Waals surface area contributed by atoms with Crippen LogP contribution in [-0.2, 0) is 30.5 Å². The Labute approximate surface area is 224 Å². The van der Waals surface area contributed by atoms with Crippen molar-refractivity contribution in [3.63, 3.8) is 0 Å². The van der Waals surface area contributed by atoms with Crippen LogP contribution in [0, 0.1) is 0 Å². The van der Waals surface area contributed by atoms with Gasteiger partial charge in [0.05, 0.1) is 13.3 Å². The summed E-state index contributed by atoms with van der Waals surface area (Å²) >= 11 is 0. The number of piperidine rings is 1. The Balaban J connectivity index is 1.36. The van der Waals surface area contributed by atoms with E-state index in [2.05, 4.69) is 10.2 Å². The maximum absolute atomic E-state index is 13.8. The van der Waals surface area contributed by atoms with Gasteiger partial charge in [-0.05, 0) is 43.9 Å². The molecule has 0 aliphatic carbocycles. The lowest BCUT2D eigenvalue weighted by atomic mass is 9.85. The van der Waals surface area contributed by atoms with Crippen LogP contribution >= 0.6 is 0 Å². The first kappa shape index (κ1) is 27.6. The van der Waals surface area contributed by atoms with E-state index in [4.69, 9.17) is 9.47 Å². The van der Waals surface area contributed by atoms with E-state index in [1.165, 1.54) is 0 Å². The highest BCUT2D eigenvalue weighted by atomic mass is 16.5. The van der Waals surface area contributed by atoms with Gasteiger partial charge >= 0.3 is 0 Å². The molecule has 9 nitrogen and oxygen atoms in total. The molecule has 38 heavy (non-hydrogen) atoms. The molecule has 9 heteroatoms. The van der Waals surface area contributed by atoms with Crippen molar-refractivity contribution in [2.45, 2.75) is 38.3 Å². The molecule has 4 rings (SSSR count). The van der Waals surface area contributed by atoms with Gasteiger partial charge in [-0.15, -0.1) is 0 Å². The lowest BCUT2D eigenvalue weighted by molar-refractivity contribution is -0.142. The van der Waals surface area contributed by atoms with Crippen molar-refractivity contribution in [3.8, 4) is 0 Å². The molecule has 0 radical (unpaired) electrons. The van der Waals surface area contributed by atoms with Gasteiger partial charge in [-0.3, -0.25) is 14.4 Å². The van der Waals surface area contributed by atoms with Crippen LogP contribution < -0.4 is 10.2 Å². The van der Waals surface area contributed by atoms with Crippen LogP contribution in [0.3, 0.4) is 0 Å². The standard InChI is InChI=1S/C29H38N4O5/c1-2-37-19-9-16-30-26(34)20-32-23-33(25-12-7-4-8-13-25)29(28(32)36)14-17-31(18-15-29)27(35)22-38-21-24-10-5-3-6-11-24/h3-8,10-13H,2,9,14-23H2,1H3,(H,30,34). The van der Waals surface area contributed by atoms with Crippen molar-refractivity contribution in [1.29, 1.82) is 0 Å². The molecule has 2 aromatic rings. The summed E-state index contributed by atoms with van der Waals surface area (Å²) in [4.78, 5) is 44.7. The number of anilines is 1. The molecular weight excluding hydrogens is 484 g/mol. The smallest absolute Gasteiger partial charge is 0.250 e. The van der Waals surface area contributed by atoms with Crippen molar-refractivity contribution < 1.29 is 23.9 Å². The zero-order valence-electron chi connectivity index (χ0n) is 22.1. The maximum atomic E-state index is 13.8. The lowest BCUT2D eigenvalue weighted by Crippen LogP contribution is -2.57. The molecule has 2 aliphatic heterocycles. The van der Waals surface area contributed by atoms with Crippen molar-refractivity contribution in [1.82, 2.24) is 15.1 Å². The minimum Gasteiger partial charge on any atom is -0.382 e. The Morgan fingerprint density at radius 2 is 1.66 bits per heavy atom. The number of nitrogens with zero attached hydrogens (tertiary/aromatic N) is 3. The third-order valence-electron chi connectivity index (χ3n) is 7.19. The van der Waals surface area contributed by atoms with E-state index in [1.54, 1.807) is 9.80 Å². The van der Waals surface area contributed by atoms with Gasteiger partial charge in [-0.25, -0.2) is 0 Å². The Bertz CT molecular complexity index is 1060. The summed E-state index contributed by atoms with van der Waals surface area (Å²) < 4.78 is 11.0. The number of benzene rings is 2. The molecule has 2 aliphatic rings. The summed E-state index contributed by atoms with van der Waals surface area (Å²) in [5, 5.41) is 2.89. The van der Waals surface area contributed by atoms with E-state index in [0.717, 1.165) is 17.7 Å². The average Bonchev–Trinajstić information content (AvgIpc) is 3.20. The molecule has 204 valence electrons. The minimum atomic E-state index is -0.779. The molecule has 0 saturated carbocycles. The Kier molecular flexibility index (Phi) is 9.73. The van der Waals surface area contributed by atoms with E-state index in [-0.39, 0.29) is 30.9 Å². The van der Waals surface area contributed by atoms with Crippen LogP contribution in [0.15, 0.2) is 60.7 Å². The number of hydrogen-bond donors (Lipinski definition) is 1. The maximum Gasteiger partial charge on any atom is 0.250 e. The summed E-state index contributed by atoms with van der Waals surface area (Å²) in [7, 11) is 0. The SMILES string of the molecule is CCOCCCNC(=O)CN1CN(c2ccccc2)C2(CCN(C(=O)COCc3ccccc3)CC2)C1=O. The molecule has 2 heterocycles. The fourth-order valence-corrected chi connectivity index (χ4v) is 5.15. The number of ether oxygens (including phenoxy) is 2. The van der Waals surface area contributed by atoms with Crippen molar-refractivity contribution in [2.24, 2.45) is 0 Å². The van der Waals surface area contributed by atoms with Crippen molar-refractivity contribution >= 4 is 23.4 Å². The third-order valence-corrected chi connectivity index (χ3v) is 7.19. The Morgan fingerprint density at radius 3 is 2.34 bits per heavy atom. The molecule has 0 bridgehead atoms. The van der Waals surface area contributed by atoms with E-state index in [9.17, 15) is 14.4 Å². The predicted octanol–water partition coefficient (Wildman–Crippen LogP) is 2.41. The summed E-state index contributed by atoms with van der Waals surface area (Å²) in [6.07, 6.45) is 1.72. The Morgan fingerprint density at radius 1 is 0.974 bits per heavy atom. The number of nitrogens with one attached hydrogen (secondary N) is 1. The van der Waals surface area contributed by atoms with Gasteiger partial charge in [0.25, 0.3) is 5.91 Å². The number of para-hydroxylation sites is 1. The number of carbonyl (C=O) groups excluding carboxylic acids is 3. The average molecular weight is 523 g/mol. The van der Waals surface area contributed by atoms with Crippen LogP contribution in [0.4, 0.5) is 5.69 Å². The highest BCUT2D eigenvalue weighted by Gasteiger charge is 2.54.